The molecule has 1 amide bonds. The van der Waals surface area contributed by atoms with Gasteiger partial charge in [-0.3, -0.25) is 4.79 Å². The van der Waals surface area contributed by atoms with Crippen LogP contribution in [-0.4, -0.2) is 34.0 Å². The van der Waals surface area contributed by atoms with Crippen LogP contribution in [0.1, 0.15) is 19.8 Å². The van der Waals surface area contributed by atoms with Gasteiger partial charge in [0.1, 0.15) is 0 Å². The van der Waals surface area contributed by atoms with Crippen LogP contribution in [0.15, 0.2) is 59.5 Å². The van der Waals surface area contributed by atoms with Crippen LogP contribution in [0.4, 0.5) is 11.4 Å². The lowest BCUT2D eigenvalue weighted by molar-refractivity contribution is -0.120. The molecule has 6 nitrogen and oxygen atoms in total. The zero-order valence-electron chi connectivity index (χ0n) is 15.4. The number of para-hydroxylation sites is 1. The number of piperidine rings is 1. The molecule has 0 aromatic heterocycles. The Morgan fingerprint density at radius 1 is 1.04 bits per heavy atom. The Morgan fingerprint density at radius 2 is 1.67 bits per heavy atom. The highest BCUT2D eigenvalue weighted by atomic mass is 32.2. The number of amides is 1. The van der Waals surface area contributed by atoms with E-state index < -0.39 is 10.0 Å². The summed E-state index contributed by atoms with van der Waals surface area (Å²) in [5.74, 6) is -0.0415. The number of nitrogens with zero attached hydrogens (tertiary/aromatic N) is 1. The highest BCUT2D eigenvalue weighted by Gasteiger charge is 2.25. The zero-order valence-corrected chi connectivity index (χ0v) is 16.2. The minimum Gasteiger partial charge on any atom is -0.371 e. The molecule has 2 N–H and O–H groups in total. The fraction of sp³-hybridized carbons (Fsp3) is 0.350. The van der Waals surface area contributed by atoms with Gasteiger partial charge in [-0.1, -0.05) is 25.1 Å². The van der Waals surface area contributed by atoms with Crippen molar-refractivity contribution in [1.29, 1.82) is 0 Å². The molecule has 1 fully saturated rings. The molecule has 1 saturated heterocycles. The van der Waals surface area contributed by atoms with Crippen molar-refractivity contribution in [3.8, 4) is 0 Å². The average molecular weight is 388 g/mol. The minimum atomic E-state index is -3.48. The quantitative estimate of drug-likeness (QED) is 0.799. The summed E-state index contributed by atoms with van der Waals surface area (Å²) in [7, 11) is -3.48. The van der Waals surface area contributed by atoms with E-state index >= 15 is 0 Å². The molecule has 0 saturated carbocycles. The number of nitrogens with one attached hydrogen (secondary N) is 2. The van der Waals surface area contributed by atoms with Gasteiger partial charge in [-0.25, -0.2) is 13.1 Å². The molecular formula is C20H25N3O3S. The van der Waals surface area contributed by atoms with Crippen molar-refractivity contribution < 1.29 is 13.2 Å². The lowest BCUT2D eigenvalue weighted by Gasteiger charge is -2.33. The Kier molecular flexibility index (Phi) is 6.13. The number of hydrogen-bond donors (Lipinski definition) is 2. The predicted octanol–water partition coefficient (Wildman–Crippen LogP) is 2.84. The van der Waals surface area contributed by atoms with Gasteiger partial charge >= 0.3 is 0 Å². The molecule has 1 heterocycles. The van der Waals surface area contributed by atoms with Crippen molar-refractivity contribution in [3.63, 3.8) is 0 Å². The second-order valence-electron chi connectivity index (χ2n) is 6.61. The number of hydrogen-bond acceptors (Lipinski definition) is 4. The van der Waals surface area contributed by atoms with Gasteiger partial charge in [0.2, 0.25) is 15.9 Å². The van der Waals surface area contributed by atoms with E-state index in [-0.39, 0.29) is 16.7 Å². The van der Waals surface area contributed by atoms with Crippen LogP contribution in [-0.2, 0) is 14.8 Å². The molecule has 2 aromatic rings. The van der Waals surface area contributed by atoms with E-state index in [1.807, 2.05) is 18.2 Å². The number of sulfonamides is 1. The lowest BCUT2D eigenvalue weighted by Crippen LogP contribution is -2.38. The summed E-state index contributed by atoms with van der Waals surface area (Å²) >= 11 is 0. The molecule has 2 aromatic carbocycles. The van der Waals surface area contributed by atoms with Crippen LogP contribution in [0.5, 0.6) is 0 Å². The van der Waals surface area contributed by atoms with Crippen molar-refractivity contribution in [2.75, 3.05) is 29.9 Å². The largest absolute Gasteiger partial charge is 0.371 e. The van der Waals surface area contributed by atoms with Crippen molar-refractivity contribution in [2.45, 2.75) is 24.7 Å². The van der Waals surface area contributed by atoms with E-state index in [9.17, 15) is 13.2 Å². The molecule has 0 radical (unpaired) electrons. The standard InChI is InChI=1S/C20H25N3O3S/c1-2-21-27(25,26)19-10-8-17(9-11-19)22-20(24)16-12-14-23(15-13-16)18-6-4-3-5-7-18/h3-11,16,21H,2,12-15H2,1H3,(H,22,24). The van der Waals surface area contributed by atoms with E-state index in [0.717, 1.165) is 25.9 Å². The third kappa shape index (κ3) is 4.87. The van der Waals surface area contributed by atoms with Crippen LogP contribution in [0.25, 0.3) is 0 Å². The second-order valence-corrected chi connectivity index (χ2v) is 8.38. The van der Waals surface area contributed by atoms with Crippen LogP contribution >= 0.6 is 0 Å². The first-order valence-corrected chi connectivity index (χ1v) is 10.7. The van der Waals surface area contributed by atoms with Gasteiger partial charge in [0, 0.05) is 36.9 Å². The Morgan fingerprint density at radius 3 is 2.26 bits per heavy atom. The van der Waals surface area contributed by atoms with Crippen LogP contribution in [0.2, 0.25) is 0 Å². The summed E-state index contributed by atoms with van der Waals surface area (Å²) in [5.41, 5.74) is 1.80. The van der Waals surface area contributed by atoms with Gasteiger partial charge in [-0.15, -0.1) is 0 Å². The van der Waals surface area contributed by atoms with Gasteiger partial charge in [0.25, 0.3) is 0 Å². The average Bonchev–Trinajstić information content (AvgIpc) is 2.69. The van der Waals surface area contributed by atoms with Gasteiger partial charge in [0.05, 0.1) is 4.90 Å². The van der Waals surface area contributed by atoms with Crippen molar-refractivity contribution >= 4 is 27.3 Å². The maximum Gasteiger partial charge on any atom is 0.240 e. The first kappa shape index (κ1) is 19.4. The summed E-state index contributed by atoms with van der Waals surface area (Å²) < 4.78 is 26.4. The number of anilines is 2. The Hall–Kier alpha value is -2.38. The number of carbonyl (C=O) groups is 1. The molecule has 7 heteroatoms. The van der Waals surface area contributed by atoms with Crippen molar-refractivity contribution in [2.24, 2.45) is 5.92 Å². The van der Waals surface area contributed by atoms with Gasteiger partial charge in [-0.05, 0) is 49.2 Å². The number of carbonyl (C=O) groups excluding carboxylic acids is 1. The fourth-order valence-electron chi connectivity index (χ4n) is 3.27. The normalized spacial score (nSPS) is 15.5. The third-order valence-electron chi connectivity index (χ3n) is 4.75. The maximum absolute atomic E-state index is 12.5. The van der Waals surface area contributed by atoms with Gasteiger partial charge in [0.15, 0.2) is 0 Å². The monoisotopic (exact) mass is 387 g/mol. The molecule has 0 spiro atoms. The highest BCUT2D eigenvalue weighted by Crippen LogP contribution is 2.24. The topological polar surface area (TPSA) is 78.5 Å². The molecule has 1 aliphatic heterocycles. The fourth-order valence-corrected chi connectivity index (χ4v) is 4.31. The molecule has 0 bridgehead atoms. The maximum atomic E-state index is 12.5. The third-order valence-corrected chi connectivity index (χ3v) is 6.32. The first-order valence-electron chi connectivity index (χ1n) is 9.20. The molecule has 27 heavy (non-hydrogen) atoms. The molecular weight excluding hydrogens is 362 g/mol. The molecule has 0 unspecified atom stereocenters. The summed E-state index contributed by atoms with van der Waals surface area (Å²) in [4.78, 5) is 15.0. The van der Waals surface area contributed by atoms with Crippen LogP contribution in [0, 0.1) is 5.92 Å². The Labute approximate surface area is 160 Å². The highest BCUT2D eigenvalue weighted by molar-refractivity contribution is 7.89. The first-order chi connectivity index (χ1) is 13.0. The van der Waals surface area contributed by atoms with Crippen LogP contribution in [0.3, 0.4) is 0 Å². The van der Waals surface area contributed by atoms with E-state index in [1.54, 1.807) is 19.1 Å². The van der Waals surface area contributed by atoms with Crippen molar-refractivity contribution in [3.05, 3.63) is 54.6 Å². The molecule has 3 rings (SSSR count). The van der Waals surface area contributed by atoms with E-state index in [0.29, 0.717) is 12.2 Å². The number of benzene rings is 2. The Balaban J connectivity index is 1.55. The summed E-state index contributed by atoms with van der Waals surface area (Å²) in [6, 6.07) is 16.5. The van der Waals surface area contributed by atoms with Crippen molar-refractivity contribution in [1.82, 2.24) is 4.72 Å². The summed E-state index contributed by atoms with van der Waals surface area (Å²) in [6.07, 6.45) is 1.60. The summed E-state index contributed by atoms with van der Waals surface area (Å²) in [6.45, 7) is 3.77. The SMILES string of the molecule is CCNS(=O)(=O)c1ccc(NC(=O)C2CCN(c3ccccc3)CC2)cc1. The molecule has 0 aliphatic carbocycles. The van der Waals surface area contributed by atoms with E-state index in [1.165, 1.54) is 17.8 Å². The lowest BCUT2D eigenvalue weighted by atomic mass is 9.95. The number of rotatable bonds is 6. The van der Waals surface area contributed by atoms with E-state index in [2.05, 4.69) is 27.1 Å². The molecule has 0 atom stereocenters. The van der Waals surface area contributed by atoms with Gasteiger partial charge < -0.3 is 10.2 Å². The predicted molar refractivity (Wildman–Crippen MR) is 107 cm³/mol. The van der Waals surface area contributed by atoms with E-state index in [4.69, 9.17) is 0 Å². The molecule has 144 valence electrons. The zero-order chi connectivity index (χ0) is 19.3. The second kappa shape index (κ2) is 8.54. The molecule has 1 aliphatic rings. The van der Waals surface area contributed by atoms with Gasteiger partial charge in [-0.2, -0.15) is 0 Å². The van der Waals surface area contributed by atoms with Crippen LogP contribution < -0.4 is 14.9 Å². The Bertz CT molecular complexity index is 859. The minimum absolute atomic E-state index is 0.00926. The smallest absolute Gasteiger partial charge is 0.240 e. The summed E-state index contributed by atoms with van der Waals surface area (Å²) in [5, 5.41) is 2.90.